The second kappa shape index (κ2) is 10.2. The first kappa shape index (κ1) is 21.8. The highest BCUT2D eigenvalue weighted by atomic mass is 35.5. The van der Waals surface area contributed by atoms with Crippen LogP contribution in [0, 0.1) is 0 Å². The van der Waals surface area contributed by atoms with Gasteiger partial charge in [0, 0.05) is 32.5 Å². The van der Waals surface area contributed by atoms with Crippen molar-refractivity contribution in [2.24, 2.45) is 5.73 Å². The Morgan fingerprint density at radius 2 is 1.93 bits per heavy atom. The van der Waals surface area contributed by atoms with Crippen LogP contribution in [0.15, 0.2) is 47.6 Å². The molecule has 1 fully saturated rings. The summed E-state index contributed by atoms with van der Waals surface area (Å²) in [5, 5.41) is 4.31. The lowest BCUT2D eigenvalue weighted by Gasteiger charge is -2.23. The van der Waals surface area contributed by atoms with Gasteiger partial charge in [-0.05, 0) is 31.4 Å². The summed E-state index contributed by atoms with van der Waals surface area (Å²) in [7, 11) is -3.63. The largest absolute Gasteiger partial charge is 0.381 e. The van der Waals surface area contributed by atoms with Crippen LogP contribution >= 0.6 is 12.4 Å². The molecule has 2 aromatic rings. The molecule has 3 rings (SSSR count). The van der Waals surface area contributed by atoms with E-state index in [0.29, 0.717) is 39.3 Å². The Balaban J connectivity index is 0.00000261. The lowest BCUT2D eigenvalue weighted by Crippen LogP contribution is -2.32. The van der Waals surface area contributed by atoms with Crippen LogP contribution in [-0.2, 0) is 21.3 Å². The molecule has 0 aliphatic carbocycles. The molecule has 0 spiro atoms. The zero-order chi connectivity index (χ0) is 18.4. The minimum Gasteiger partial charge on any atom is -0.381 e. The fourth-order valence-electron chi connectivity index (χ4n) is 3.09. The molecular formula is C18H27ClN4O3S. The third-order valence-electron chi connectivity index (χ3n) is 4.59. The van der Waals surface area contributed by atoms with E-state index in [0.717, 1.165) is 18.4 Å². The van der Waals surface area contributed by atoms with Gasteiger partial charge in [0.05, 0.1) is 12.2 Å². The van der Waals surface area contributed by atoms with Crippen molar-refractivity contribution in [3.8, 4) is 0 Å². The predicted octanol–water partition coefficient (Wildman–Crippen LogP) is 2.20. The Morgan fingerprint density at radius 3 is 2.59 bits per heavy atom. The van der Waals surface area contributed by atoms with Gasteiger partial charge in [-0.3, -0.25) is 4.68 Å². The molecular weight excluding hydrogens is 388 g/mol. The first-order valence-electron chi connectivity index (χ1n) is 8.97. The maximum atomic E-state index is 13.1. The van der Waals surface area contributed by atoms with Crippen molar-refractivity contribution in [1.82, 2.24) is 14.1 Å². The molecule has 7 nitrogen and oxygen atoms in total. The van der Waals surface area contributed by atoms with Crippen LogP contribution in [0.2, 0.25) is 0 Å². The Kier molecular flexibility index (Phi) is 8.25. The van der Waals surface area contributed by atoms with E-state index in [1.807, 2.05) is 30.3 Å². The smallest absolute Gasteiger partial charge is 0.246 e. The molecule has 1 aliphatic rings. The summed E-state index contributed by atoms with van der Waals surface area (Å²) in [6, 6.07) is 9.78. The van der Waals surface area contributed by atoms with Gasteiger partial charge in [0.2, 0.25) is 10.0 Å². The minimum atomic E-state index is -3.63. The van der Waals surface area contributed by atoms with Gasteiger partial charge in [-0.25, -0.2) is 8.42 Å². The first-order valence-corrected chi connectivity index (χ1v) is 10.4. The quantitative estimate of drug-likeness (QED) is 0.715. The molecule has 150 valence electrons. The van der Waals surface area contributed by atoms with Crippen molar-refractivity contribution in [3.63, 3.8) is 0 Å². The number of rotatable bonds is 8. The Labute approximate surface area is 167 Å². The average molecular weight is 415 g/mol. The Bertz CT molecular complexity index is 792. The highest BCUT2D eigenvalue weighted by molar-refractivity contribution is 7.89. The van der Waals surface area contributed by atoms with Gasteiger partial charge < -0.3 is 10.5 Å². The number of sulfonamides is 1. The zero-order valence-electron chi connectivity index (χ0n) is 15.2. The van der Waals surface area contributed by atoms with Crippen LogP contribution in [-0.4, -0.2) is 48.8 Å². The monoisotopic (exact) mass is 414 g/mol. The first-order chi connectivity index (χ1) is 12.6. The number of nitrogens with zero attached hydrogens (tertiary/aromatic N) is 3. The summed E-state index contributed by atoms with van der Waals surface area (Å²) < 4.78 is 34.9. The van der Waals surface area contributed by atoms with Gasteiger partial charge in [0.15, 0.2) is 0 Å². The van der Waals surface area contributed by atoms with Crippen molar-refractivity contribution >= 4 is 22.4 Å². The maximum absolute atomic E-state index is 13.1. The molecule has 0 bridgehead atoms. The predicted molar refractivity (Wildman–Crippen MR) is 106 cm³/mol. The average Bonchev–Trinajstić information content (AvgIpc) is 3.17. The van der Waals surface area contributed by atoms with E-state index in [-0.39, 0.29) is 23.3 Å². The molecule has 0 amide bonds. The molecule has 0 saturated carbocycles. The highest BCUT2D eigenvalue weighted by Crippen LogP contribution is 2.23. The summed E-state index contributed by atoms with van der Waals surface area (Å²) in [5.41, 5.74) is 6.55. The van der Waals surface area contributed by atoms with E-state index >= 15 is 0 Å². The van der Waals surface area contributed by atoms with Gasteiger partial charge in [-0.1, -0.05) is 30.3 Å². The third-order valence-corrected chi connectivity index (χ3v) is 6.39. The summed E-state index contributed by atoms with van der Waals surface area (Å²) in [4.78, 5) is 0.233. The normalized spacial score (nSPS) is 15.6. The van der Waals surface area contributed by atoms with E-state index in [9.17, 15) is 8.42 Å². The van der Waals surface area contributed by atoms with E-state index in [4.69, 9.17) is 10.5 Å². The highest BCUT2D eigenvalue weighted by Gasteiger charge is 2.27. The number of ether oxygens (including phenoxy) is 1. The lowest BCUT2D eigenvalue weighted by atomic mass is 10.1. The minimum absolute atomic E-state index is 0. The number of halogens is 1. The molecule has 9 heteroatoms. The summed E-state index contributed by atoms with van der Waals surface area (Å²) in [6.45, 7) is 2.52. The van der Waals surface area contributed by atoms with Gasteiger partial charge in [0.25, 0.3) is 0 Å². The van der Waals surface area contributed by atoms with Crippen LogP contribution < -0.4 is 5.73 Å². The van der Waals surface area contributed by atoms with Gasteiger partial charge >= 0.3 is 0 Å². The SMILES string of the molecule is Cl.NCCCN(Cc1ccccc1)S(=O)(=O)c1cnn(C2CCOCC2)c1. The number of hydrogen-bond donors (Lipinski definition) is 1. The number of hydrogen-bond acceptors (Lipinski definition) is 5. The second-order valence-corrected chi connectivity index (χ2v) is 8.40. The van der Waals surface area contributed by atoms with E-state index in [1.54, 1.807) is 10.9 Å². The van der Waals surface area contributed by atoms with Gasteiger partial charge in [0.1, 0.15) is 4.90 Å². The molecule has 2 N–H and O–H groups in total. The lowest BCUT2D eigenvalue weighted by molar-refractivity contribution is 0.0662. The summed E-state index contributed by atoms with van der Waals surface area (Å²) in [6.07, 6.45) is 5.40. The number of nitrogens with two attached hydrogens (primary N) is 1. The fourth-order valence-corrected chi connectivity index (χ4v) is 4.50. The summed E-state index contributed by atoms with van der Waals surface area (Å²) >= 11 is 0. The molecule has 0 radical (unpaired) electrons. The van der Waals surface area contributed by atoms with Crippen LogP contribution in [0.4, 0.5) is 0 Å². The van der Waals surface area contributed by atoms with E-state index in [2.05, 4.69) is 5.10 Å². The molecule has 27 heavy (non-hydrogen) atoms. The molecule has 1 saturated heterocycles. The van der Waals surface area contributed by atoms with Crippen molar-refractivity contribution < 1.29 is 13.2 Å². The number of benzene rings is 1. The molecule has 2 heterocycles. The fraction of sp³-hybridized carbons (Fsp3) is 0.500. The maximum Gasteiger partial charge on any atom is 0.246 e. The van der Waals surface area contributed by atoms with Gasteiger partial charge in [-0.15, -0.1) is 12.4 Å². The third kappa shape index (κ3) is 5.52. The van der Waals surface area contributed by atoms with Crippen LogP contribution in [0.25, 0.3) is 0 Å². The molecule has 1 aliphatic heterocycles. The van der Waals surface area contributed by atoms with Crippen molar-refractivity contribution in [1.29, 1.82) is 0 Å². The standard InChI is InChI=1S/C18H26N4O3S.ClH/c19-9-4-10-21(14-16-5-2-1-3-6-16)26(23,24)18-13-20-22(15-18)17-7-11-25-12-8-17;/h1-3,5-6,13,15,17H,4,7-12,14,19H2;1H. The van der Waals surface area contributed by atoms with Crippen LogP contribution in [0.3, 0.4) is 0 Å². The van der Waals surface area contributed by atoms with Crippen molar-refractivity contribution in [2.75, 3.05) is 26.3 Å². The number of aromatic nitrogens is 2. The molecule has 0 atom stereocenters. The summed E-state index contributed by atoms with van der Waals surface area (Å²) in [5.74, 6) is 0. The second-order valence-electron chi connectivity index (χ2n) is 6.47. The van der Waals surface area contributed by atoms with E-state index in [1.165, 1.54) is 10.5 Å². The topological polar surface area (TPSA) is 90.5 Å². The Morgan fingerprint density at radius 1 is 1.22 bits per heavy atom. The molecule has 1 aromatic carbocycles. The molecule has 1 aromatic heterocycles. The van der Waals surface area contributed by atoms with Crippen molar-refractivity contribution in [2.45, 2.75) is 36.7 Å². The van der Waals surface area contributed by atoms with Crippen molar-refractivity contribution in [3.05, 3.63) is 48.3 Å². The zero-order valence-corrected chi connectivity index (χ0v) is 16.9. The van der Waals surface area contributed by atoms with E-state index < -0.39 is 10.0 Å². The van der Waals surface area contributed by atoms with Crippen LogP contribution in [0.1, 0.15) is 30.9 Å². The Hall–Kier alpha value is -1.45. The van der Waals surface area contributed by atoms with Gasteiger partial charge in [-0.2, -0.15) is 9.40 Å². The molecule has 0 unspecified atom stereocenters. The van der Waals surface area contributed by atoms with Crippen LogP contribution in [0.5, 0.6) is 0 Å².